The molecule has 0 aromatic heterocycles. The number of Topliss-reactive ketones (excluding diaryl/α,β-unsaturated/α-hetero) is 2. The minimum absolute atomic E-state index is 0.0159. The Kier molecular flexibility index (Phi) is 3.13. The number of carbonyl (C=O) groups excluding carboxylic acids is 2. The van der Waals surface area contributed by atoms with E-state index >= 15 is 0 Å². The molecule has 0 spiro atoms. The molecular weight excluding hydrogens is 176 g/mol. The molecule has 0 heterocycles. The number of hydrogen-bond donors (Lipinski definition) is 0. The van der Waals surface area contributed by atoms with Gasteiger partial charge in [-0.3, -0.25) is 9.59 Å². The average Bonchev–Trinajstić information content (AvgIpc) is 2.08. The Hall–Kier alpha value is -0.660. The van der Waals surface area contributed by atoms with Crippen molar-refractivity contribution in [3.05, 3.63) is 0 Å². The van der Waals surface area contributed by atoms with Crippen LogP contribution in [0.2, 0.25) is 0 Å². The van der Waals surface area contributed by atoms with E-state index in [1.54, 1.807) is 0 Å². The summed E-state index contributed by atoms with van der Waals surface area (Å²) >= 11 is 0. The average molecular weight is 196 g/mol. The van der Waals surface area contributed by atoms with Crippen LogP contribution in [0.15, 0.2) is 0 Å². The van der Waals surface area contributed by atoms with Gasteiger partial charge in [0.15, 0.2) is 0 Å². The third-order valence-electron chi connectivity index (χ3n) is 3.19. The van der Waals surface area contributed by atoms with E-state index in [-0.39, 0.29) is 28.8 Å². The molecule has 1 fully saturated rings. The van der Waals surface area contributed by atoms with Crippen LogP contribution in [0.5, 0.6) is 0 Å². The topological polar surface area (TPSA) is 34.1 Å². The van der Waals surface area contributed by atoms with Gasteiger partial charge in [0.05, 0.1) is 5.92 Å². The zero-order valence-corrected chi connectivity index (χ0v) is 9.59. The maximum atomic E-state index is 12.0. The largest absolute Gasteiger partial charge is 0.299 e. The summed E-state index contributed by atoms with van der Waals surface area (Å²) in [5, 5.41) is 0. The molecule has 1 saturated carbocycles. The van der Waals surface area contributed by atoms with E-state index in [0.717, 1.165) is 19.3 Å². The van der Waals surface area contributed by atoms with Gasteiger partial charge in [0.2, 0.25) is 0 Å². The molecule has 0 radical (unpaired) electrons. The monoisotopic (exact) mass is 196 g/mol. The van der Waals surface area contributed by atoms with E-state index < -0.39 is 0 Å². The van der Waals surface area contributed by atoms with Crippen LogP contribution in [-0.2, 0) is 9.59 Å². The zero-order chi connectivity index (χ0) is 10.9. The van der Waals surface area contributed by atoms with Crippen LogP contribution in [0.1, 0.15) is 47.0 Å². The van der Waals surface area contributed by atoms with Gasteiger partial charge in [-0.15, -0.1) is 0 Å². The Bertz CT molecular complexity index is 251. The first kappa shape index (κ1) is 11.4. The van der Waals surface area contributed by atoms with Crippen molar-refractivity contribution in [3.8, 4) is 0 Å². The lowest BCUT2D eigenvalue weighted by molar-refractivity contribution is -0.142. The van der Waals surface area contributed by atoms with E-state index in [1.807, 2.05) is 27.7 Å². The van der Waals surface area contributed by atoms with Crippen molar-refractivity contribution < 1.29 is 9.59 Å². The van der Waals surface area contributed by atoms with Crippen molar-refractivity contribution >= 4 is 11.6 Å². The standard InChI is InChI=1S/C12H20O2/c1-8(2)10(13)9-6-5-7-12(3,4)11(9)14/h8-9H,5-7H2,1-4H3. The van der Waals surface area contributed by atoms with Gasteiger partial charge >= 0.3 is 0 Å². The Morgan fingerprint density at radius 1 is 1.43 bits per heavy atom. The van der Waals surface area contributed by atoms with Crippen molar-refractivity contribution in [2.24, 2.45) is 17.3 Å². The summed E-state index contributed by atoms with van der Waals surface area (Å²) < 4.78 is 0. The van der Waals surface area contributed by atoms with Crippen LogP contribution in [0.3, 0.4) is 0 Å². The highest BCUT2D eigenvalue weighted by Gasteiger charge is 2.40. The second-order valence-electron chi connectivity index (χ2n) is 5.25. The van der Waals surface area contributed by atoms with Crippen molar-refractivity contribution in [1.29, 1.82) is 0 Å². The highest BCUT2D eigenvalue weighted by molar-refractivity contribution is 6.05. The first-order valence-corrected chi connectivity index (χ1v) is 5.44. The highest BCUT2D eigenvalue weighted by atomic mass is 16.2. The molecule has 0 aliphatic heterocycles. The molecule has 80 valence electrons. The molecule has 14 heavy (non-hydrogen) atoms. The van der Waals surface area contributed by atoms with Crippen molar-refractivity contribution in [2.45, 2.75) is 47.0 Å². The van der Waals surface area contributed by atoms with Crippen molar-refractivity contribution in [3.63, 3.8) is 0 Å². The van der Waals surface area contributed by atoms with E-state index in [9.17, 15) is 9.59 Å². The van der Waals surface area contributed by atoms with E-state index in [4.69, 9.17) is 0 Å². The Morgan fingerprint density at radius 3 is 2.50 bits per heavy atom. The van der Waals surface area contributed by atoms with Gasteiger partial charge in [-0.1, -0.05) is 34.1 Å². The number of rotatable bonds is 2. The fraction of sp³-hybridized carbons (Fsp3) is 0.833. The molecule has 1 aliphatic carbocycles. The molecule has 1 rings (SSSR count). The normalized spacial score (nSPS) is 26.6. The van der Waals surface area contributed by atoms with Crippen LogP contribution in [0, 0.1) is 17.3 Å². The molecule has 2 nitrogen and oxygen atoms in total. The van der Waals surface area contributed by atoms with Gasteiger partial charge in [-0.2, -0.15) is 0 Å². The molecule has 0 amide bonds. The fourth-order valence-electron chi connectivity index (χ4n) is 2.15. The zero-order valence-electron chi connectivity index (χ0n) is 9.59. The van der Waals surface area contributed by atoms with Crippen LogP contribution >= 0.6 is 0 Å². The molecule has 1 unspecified atom stereocenters. The van der Waals surface area contributed by atoms with Gasteiger partial charge in [0.1, 0.15) is 11.6 Å². The van der Waals surface area contributed by atoms with E-state index in [2.05, 4.69) is 0 Å². The quantitative estimate of drug-likeness (QED) is 0.636. The number of carbonyl (C=O) groups is 2. The maximum Gasteiger partial charge on any atom is 0.148 e. The van der Waals surface area contributed by atoms with E-state index in [0.29, 0.717) is 0 Å². The summed E-state index contributed by atoms with van der Waals surface area (Å²) in [5.41, 5.74) is -0.284. The van der Waals surface area contributed by atoms with Gasteiger partial charge in [-0.05, 0) is 12.8 Å². The summed E-state index contributed by atoms with van der Waals surface area (Å²) in [7, 11) is 0. The van der Waals surface area contributed by atoms with Gasteiger partial charge < -0.3 is 0 Å². The molecule has 0 N–H and O–H groups in total. The van der Waals surface area contributed by atoms with Crippen LogP contribution in [-0.4, -0.2) is 11.6 Å². The van der Waals surface area contributed by atoms with Crippen LogP contribution in [0.4, 0.5) is 0 Å². The smallest absolute Gasteiger partial charge is 0.148 e. The molecule has 1 atom stereocenters. The molecule has 1 aliphatic rings. The molecule has 0 saturated heterocycles. The summed E-state index contributed by atoms with van der Waals surface area (Å²) in [4.78, 5) is 23.7. The van der Waals surface area contributed by atoms with Crippen molar-refractivity contribution in [1.82, 2.24) is 0 Å². The predicted molar refractivity (Wildman–Crippen MR) is 56.0 cm³/mol. The molecular formula is C12H20O2. The first-order chi connectivity index (χ1) is 6.36. The van der Waals surface area contributed by atoms with Gasteiger partial charge in [0, 0.05) is 11.3 Å². The number of ketones is 2. The summed E-state index contributed by atoms with van der Waals surface area (Å²) in [6.45, 7) is 7.65. The SMILES string of the molecule is CC(C)C(=O)C1CCCC(C)(C)C1=O. The second-order valence-corrected chi connectivity index (χ2v) is 5.25. The predicted octanol–water partition coefficient (Wildman–Crippen LogP) is 2.61. The first-order valence-electron chi connectivity index (χ1n) is 5.44. The number of hydrogen-bond acceptors (Lipinski definition) is 2. The Morgan fingerprint density at radius 2 is 2.00 bits per heavy atom. The lowest BCUT2D eigenvalue weighted by Crippen LogP contribution is -2.40. The summed E-state index contributed by atoms with van der Waals surface area (Å²) in [6, 6.07) is 0. The Labute approximate surface area is 86.1 Å². The lowest BCUT2D eigenvalue weighted by Gasteiger charge is -2.33. The third-order valence-corrected chi connectivity index (χ3v) is 3.19. The molecule has 0 bridgehead atoms. The van der Waals surface area contributed by atoms with Crippen molar-refractivity contribution in [2.75, 3.05) is 0 Å². The van der Waals surface area contributed by atoms with Gasteiger partial charge in [-0.25, -0.2) is 0 Å². The van der Waals surface area contributed by atoms with Crippen LogP contribution in [0.25, 0.3) is 0 Å². The Balaban J connectivity index is 2.81. The minimum Gasteiger partial charge on any atom is -0.299 e. The highest BCUT2D eigenvalue weighted by Crippen LogP contribution is 2.36. The van der Waals surface area contributed by atoms with Gasteiger partial charge in [0.25, 0.3) is 0 Å². The molecule has 0 aromatic rings. The van der Waals surface area contributed by atoms with Crippen LogP contribution < -0.4 is 0 Å². The second kappa shape index (κ2) is 3.84. The lowest BCUT2D eigenvalue weighted by atomic mass is 9.68. The fourth-order valence-corrected chi connectivity index (χ4v) is 2.15. The summed E-state index contributed by atoms with van der Waals surface area (Å²) in [6.07, 6.45) is 2.69. The molecule has 2 heteroatoms. The third kappa shape index (κ3) is 2.05. The summed E-state index contributed by atoms with van der Waals surface area (Å²) in [5.74, 6) is -0.0539. The molecule has 0 aromatic carbocycles. The minimum atomic E-state index is -0.321. The maximum absolute atomic E-state index is 12.0. The van der Waals surface area contributed by atoms with E-state index in [1.165, 1.54) is 0 Å².